The van der Waals surface area contributed by atoms with Crippen molar-refractivity contribution in [2.45, 2.75) is 32.1 Å². The first-order valence-electron chi connectivity index (χ1n) is 8.35. The van der Waals surface area contributed by atoms with Crippen molar-refractivity contribution >= 4 is 11.9 Å². The van der Waals surface area contributed by atoms with Gasteiger partial charge < -0.3 is 18.8 Å². The Labute approximate surface area is 140 Å². The number of carbonyl (C=O) groups is 2. The highest BCUT2D eigenvalue weighted by molar-refractivity contribution is 5.91. The standard InChI is InChI=1S/C18H21NO5/c1-11(2)9-23-17(21)14-13-5-6-18(24-13)10-19(16(20)15(14)18)8-12-4-3-7-22-12/h3-7,11,13-15H,8-10H2,1-2H3/t13-,14-,15+,18+/m1/s1. The monoisotopic (exact) mass is 331 g/mol. The van der Waals surface area contributed by atoms with Crippen LogP contribution in [0.3, 0.4) is 0 Å². The molecule has 24 heavy (non-hydrogen) atoms. The number of nitrogens with zero attached hydrogens (tertiary/aromatic N) is 1. The molecule has 2 bridgehead atoms. The fourth-order valence-electron chi connectivity index (χ4n) is 3.92. The second-order valence-electron chi connectivity index (χ2n) is 7.20. The molecule has 0 unspecified atom stereocenters. The van der Waals surface area contributed by atoms with Crippen LogP contribution < -0.4 is 0 Å². The van der Waals surface area contributed by atoms with Crippen LogP contribution in [0.4, 0.5) is 0 Å². The van der Waals surface area contributed by atoms with Gasteiger partial charge in [0.1, 0.15) is 17.3 Å². The van der Waals surface area contributed by atoms with E-state index in [4.69, 9.17) is 13.9 Å². The van der Waals surface area contributed by atoms with Gasteiger partial charge in [-0.2, -0.15) is 0 Å². The summed E-state index contributed by atoms with van der Waals surface area (Å²) < 4.78 is 16.8. The molecule has 0 aromatic carbocycles. The molecule has 6 nitrogen and oxygen atoms in total. The SMILES string of the molecule is CC(C)COC(=O)[C@H]1[C@H]2C(=O)N(Cc3ccco3)C[C@@]23C=C[C@H]1O3. The van der Waals surface area contributed by atoms with Gasteiger partial charge in [-0.15, -0.1) is 0 Å². The molecule has 128 valence electrons. The molecule has 0 radical (unpaired) electrons. The van der Waals surface area contributed by atoms with Crippen molar-refractivity contribution < 1.29 is 23.5 Å². The van der Waals surface area contributed by atoms with Crippen molar-refractivity contribution in [3.63, 3.8) is 0 Å². The maximum absolute atomic E-state index is 12.9. The summed E-state index contributed by atoms with van der Waals surface area (Å²) in [6, 6.07) is 3.63. The maximum atomic E-state index is 12.9. The van der Waals surface area contributed by atoms with Crippen LogP contribution in [0.5, 0.6) is 0 Å². The lowest BCUT2D eigenvalue weighted by atomic mass is 9.77. The van der Waals surface area contributed by atoms with E-state index in [1.807, 2.05) is 32.1 Å². The molecule has 2 fully saturated rings. The third-order valence-electron chi connectivity index (χ3n) is 4.94. The van der Waals surface area contributed by atoms with Crippen LogP contribution >= 0.6 is 0 Å². The Balaban J connectivity index is 1.54. The molecule has 4 heterocycles. The number of carbonyl (C=O) groups excluding carboxylic acids is 2. The Morgan fingerprint density at radius 2 is 2.33 bits per heavy atom. The molecule has 2 saturated heterocycles. The average Bonchev–Trinajstić information content (AvgIpc) is 3.28. The van der Waals surface area contributed by atoms with Crippen LogP contribution in [0.15, 0.2) is 35.0 Å². The number of amides is 1. The molecule has 3 aliphatic rings. The summed E-state index contributed by atoms with van der Waals surface area (Å²) in [5.74, 6) is -0.474. The molecule has 4 atom stereocenters. The Morgan fingerprint density at radius 1 is 1.50 bits per heavy atom. The van der Waals surface area contributed by atoms with Gasteiger partial charge >= 0.3 is 5.97 Å². The number of rotatable bonds is 5. The Kier molecular flexibility index (Phi) is 3.53. The van der Waals surface area contributed by atoms with Gasteiger partial charge in [-0.3, -0.25) is 9.59 Å². The van der Waals surface area contributed by atoms with Gasteiger partial charge in [0.25, 0.3) is 0 Å². The van der Waals surface area contributed by atoms with E-state index in [0.29, 0.717) is 19.7 Å². The van der Waals surface area contributed by atoms with E-state index >= 15 is 0 Å². The molecule has 6 heteroatoms. The van der Waals surface area contributed by atoms with E-state index in [1.165, 1.54) is 0 Å². The minimum Gasteiger partial charge on any atom is -0.467 e. The lowest BCUT2D eigenvalue weighted by molar-refractivity contribution is -0.154. The van der Waals surface area contributed by atoms with E-state index < -0.39 is 17.4 Å². The van der Waals surface area contributed by atoms with Crippen LogP contribution in [0, 0.1) is 17.8 Å². The molecule has 0 N–H and O–H groups in total. The molecular weight excluding hydrogens is 310 g/mol. The number of hydrogen-bond acceptors (Lipinski definition) is 5. The summed E-state index contributed by atoms with van der Waals surface area (Å²) in [6.07, 6.45) is 5.06. The minimum atomic E-state index is -0.699. The maximum Gasteiger partial charge on any atom is 0.312 e. The van der Waals surface area contributed by atoms with Crippen molar-refractivity contribution in [1.29, 1.82) is 0 Å². The minimum absolute atomic E-state index is 0.0650. The first-order valence-corrected chi connectivity index (χ1v) is 8.35. The molecule has 0 aliphatic carbocycles. The first kappa shape index (κ1) is 15.4. The summed E-state index contributed by atoms with van der Waals surface area (Å²) in [5, 5.41) is 0. The highest BCUT2D eigenvalue weighted by Crippen LogP contribution is 2.52. The van der Waals surface area contributed by atoms with Gasteiger partial charge in [-0.25, -0.2) is 0 Å². The molecule has 3 aliphatic heterocycles. The van der Waals surface area contributed by atoms with E-state index in [2.05, 4.69) is 0 Å². The van der Waals surface area contributed by atoms with Gasteiger partial charge in [0.05, 0.1) is 38.0 Å². The summed E-state index contributed by atoms with van der Waals surface area (Å²) in [6.45, 7) is 5.16. The van der Waals surface area contributed by atoms with Gasteiger partial charge in [-0.1, -0.05) is 26.0 Å². The predicted molar refractivity (Wildman–Crippen MR) is 83.6 cm³/mol. The highest BCUT2D eigenvalue weighted by Gasteiger charge is 2.67. The normalized spacial score (nSPS) is 33.5. The number of ether oxygens (including phenoxy) is 2. The summed E-state index contributed by atoms with van der Waals surface area (Å²) >= 11 is 0. The average molecular weight is 331 g/mol. The second kappa shape index (κ2) is 5.48. The van der Waals surface area contributed by atoms with E-state index in [0.717, 1.165) is 5.76 Å². The van der Waals surface area contributed by atoms with E-state index in [-0.39, 0.29) is 23.9 Å². The Hall–Kier alpha value is -2.08. The lowest BCUT2D eigenvalue weighted by Gasteiger charge is -2.23. The zero-order chi connectivity index (χ0) is 16.9. The van der Waals surface area contributed by atoms with Crippen molar-refractivity contribution in [3.8, 4) is 0 Å². The summed E-state index contributed by atoms with van der Waals surface area (Å²) in [5.41, 5.74) is -0.699. The fourth-order valence-corrected chi connectivity index (χ4v) is 3.92. The van der Waals surface area contributed by atoms with Gasteiger partial charge in [0.15, 0.2) is 0 Å². The second-order valence-corrected chi connectivity index (χ2v) is 7.20. The van der Waals surface area contributed by atoms with Crippen LogP contribution in [-0.4, -0.2) is 41.6 Å². The highest BCUT2D eigenvalue weighted by atomic mass is 16.6. The molecular formula is C18H21NO5. The van der Waals surface area contributed by atoms with Crippen LogP contribution in [0.25, 0.3) is 0 Å². The Bertz CT molecular complexity index is 680. The molecule has 1 aromatic heterocycles. The molecule has 1 amide bonds. The number of furan rings is 1. The summed E-state index contributed by atoms with van der Waals surface area (Å²) in [7, 11) is 0. The van der Waals surface area contributed by atoms with E-state index in [1.54, 1.807) is 17.2 Å². The summed E-state index contributed by atoms with van der Waals surface area (Å²) in [4.78, 5) is 27.1. The topological polar surface area (TPSA) is 69.0 Å². The fraction of sp³-hybridized carbons (Fsp3) is 0.556. The number of likely N-dealkylation sites (tertiary alicyclic amines) is 1. The zero-order valence-electron chi connectivity index (χ0n) is 13.8. The predicted octanol–water partition coefficient (Wildman–Crippen LogP) is 1.76. The number of hydrogen-bond donors (Lipinski definition) is 0. The largest absolute Gasteiger partial charge is 0.467 e. The van der Waals surface area contributed by atoms with Crippen LogP contribution in [0.2, 0.25) is 0 Å². The van der Waals surface area contributed by atoms with Crippen molar-refractivity contribution in [2.75, 3.05) is 13.2 Å². The quantitative estimate of drug-likeness (QED) is 0.607. The zero-order valence-corrected chi connectivity index (χ0v) is 13.8. The van der Waals surface area contributed by atoms with Gasteiger partial charge in [0.2, 0.25) is 5.91 Å². The third kappa shape index (κ3) is 2.28. The van der Waals surface area contributed by atoms with Crippen LogP contribution in [0.1, 0.15) is 19.6 Å². The Morgan fingerprint density at radius 3 is 3.04 bits per heavy atom. The number of fused-ring (bicyclic) bond motifs is 1. The third-order valence-corrected chi connectivity index (χ3v) is 4.94. The molecule has 4 rings (SSSR count). The van der Waals surface area contributed by atoms with Crippen LogP contribution in [-0.2, 0) is 25.6 Å². The van der Waals surface area contributed by atoms with Crippen molar-refractivity contribution in [3.05, 3.63) is 36.3 Å². The molecule has 1 spiro atoms. The molecule has 0 saturated carbocycles. The lowest BCUT2D eigenvalue weighted by Crippen LogP contribution is -2.40. The first-order chi connectivity index (χ1) is 11.5. The smallest absolute Gasteiger partial charge is 0.312 e. The van der Waals surface area contributed by atoms with Gasteiger partial charge in [0, 0.05) is 0 Å². The van der Waals surface area contributed by atoms with Crippen molar-refractivity contribution in [1.82, 2.24) is 4.90 Å². The van der Waals surface area contributed by atoms with E-state index in [9.17, 15) is 9.59 Å². The van der Waals surface area contributed by atoms with Gasteiger partial charge in [-0.05, 0) is 18.1 Å². The van der Waals surface area contributed by atoms with Crippen molar-refractivity contribution in [2.24, 2.45) is 17.8 Å². The molecule has 1 aromatic rings. The number of esters is 1.